The van der Waals surface area contributed by atoms with Crippen LogP contribution >= 0.6 is 0 Å². The third-order valence-corrected chi connectivity index (χ3v) is 3.51. The van der Waals surface area contributed by atoms with Gasteiger partial charge in [0.1, 0.15) is 5.69 Å². The first-order valence-corrected chi connectivity index (χ1v) is 6.50. The van der Waals surface area contributed by atoms with Crippen molar-refractivity contribution in [2.24, 2.45) is 5.73 Å². The summed E-state index contributed by atoms with van der Waals surface area (Å²) in [7, 11) is 1.50. The molecule has 1 fully saturated rings. The Balaban J connectivity index is 2.06. The SMILES string of the molecule is COc1nc(C(N)=O)cn2cc(C3CCOCC3)nc12. The summed E-state index contributed by atoms with van der Waals surface area (Å²) < 4.78 is 12.3. The van der Waals surface area contributed by atoms with E-state index in [1.165, 1.54) is 7.11 Å². The van der Waals surface area contributed by atoms with Crippen LogP contribution in [0.15, 0.2) is 12.4 Å². The van der Waals surface area contributed by atoms with Crippen LogP contribution in [-0.2, 0) is 4.74 Å². The minimum atomic E-state index is -0.591. The fourth-order valence-corrected chi connectivity index (χ4v) is 2.43. The van der Waals surface area contributed by atoms with Crippen molar-refractivity contribution in [2.75, 3.05) is 20.3 Å². The number of nitrogens with zero attached hydrogens (tertiary/aromatic N) is 3. The molecule has 7 nitrogen and oxygen atoms in total. The van der Waals surface area contributed by atoms with Crippen molar-refractivity contribution in [3.05, 3.63) is 23.8 Å². The molecule has 0 atom stereocenters. The number of aromatic nitrogens is 3. The van der Waals surface area contributed by atoms with E-state index in [4.69, 9.17) is 15.2 Å². The average Bonchev–Trinajstić information content (AvgIpc) is 2.91. The number of methoxy groups -OCH3 is 1. The summed E-state index contributed by atoms with van der Waals surface area (Å²) in [4.78, 5) is 19.9. The third kappa shape index (κ3) is 2.20. The first-order chi connectivity index (χ1) is 9.69. The summed E-state index contributed by atoms with van der Waals surface area (Å²) in [6, 6.07) is 0. The van der Waals surface area contributed by atoms with E-state index in [0.717, 1.165) is 31.7 Å². The molecule has 2 aromatic heterocycles. The average molecular weight is 276 g/mol. The quantitative estimate of drug-likeness (QED) is 0.892. The molecule has 3 rings (SSSR count). The van der Waals surface area contributed by atoms with Crippen LogP contribution in [0.1, 0.15) is 34.9 Å². The molecule has 3 heterocycles. The Hall–Kier alpha value is -2.15. The van der Waals surface area contributed by atoms with E-state index >= 15 is 0 Å². The molecule has 0 unspecified atom stereocenters. The number of fused-ring (bicyclic) bond motifs is 1. The van der Waals surface area contributed by atoms with Gasteiger partial charge >= 0.3 is 0 Å². The zero-order valence-corrected chi connectivity index (χ0v) is 11.2. The molecule has 20 heavy (non-hydrogen) atoms. The van der Waals surface area contributed by atoms with Gasteiger partial charge in [-0.05, 0) is 12.8 Å². The molecule has 1 aliphatic rings. The Labute approximate surface area is 115 Å². The number of primary amides is 1. The lowest BCUT2D eigenvalue weighted by atomic mass is 9.97. The number of hydrogen-bond acceptors (Lipinski definition) is 5. The molecule has 0 spiro atoms. The number of carbonyl (C=O) groups is 1. The maximum atomic E-state index is 11.3. The second-order valence-corrected chi connectivity index (χ2v) is 4.78. The fraction of sp³-hybridized carbons (Fsp3) is 0.462. The van der Waals surface area contributed by atoms with Crippen LogP contribution in [-0.4, -0.2) is 40.6 Å². The Bertz CT molecular complexity index is 646. The molecule has 0 radical (unpaired) electrons. The highest BCUT2D eigenvalue weighted by molar-refractivity contribution is 5.91. The van der Waals surface area contributed by atoms with Crippen LogP contribution in [0.3, 0.4) is 0 Å². The zero-order chi connectivity index (χ0) is 14.1. The van der Waals surface area contributed by atoms with Gasteiger partial charge < -0.3 is 15.2 Å². The van der Waals surface area contributed by atoms with Crippen molar-refractivity contribution in [2.45, 2.75) is 18.8 Å². The van der Waals surface area contributed by atoms with Crippen LogP contribution in [0.25, 0.3) is 5.65 Å². The molecule has 2 aromatic rings. The van der Waals surface area contributed by atoms with Gasteiger partial charge in [0.15, 0.2) is 0 Å². The van der Waals surface area contributed by atoms with Crippen LogP contribution in [0.5, 0.6) is 5.88 Å². The molecule has 0 saturated carbocycles. The summed E-state index contributed by atoms with van der Waals surface area (Å²) in [6.45, 7) is 1.50. The lowest BCUT2D eigenvalue weighted by Gasteiger charge is -2.19. The molecular weight excluding hydrogens is 260 g/mol. The highest BCUT2D eigenvalue weighted by Crippen LogP contribution is 2.28. The first kappa shape index (κ1) is 12.9. The highest BCUT2D eigenvalue weighted by Gasteiger charge is 2.21. The molecule has 7 heteroatoms. The molecule has 0 aliphatic carbocycles. The van der Waals surface area contributed by atoms with E-state index in [0.29, 0.717) is 17.4 Å². The van der Waals surface area contributed by atoms with E-state index in [2.05, 4.69) is 9.97 Å². The van der Waals surface area contributed by atoms with Gasteiger partial charge in [0.2, 0.25) is 5.65 Å². The molecular formula is C13H16N4O3. The van der Waals surface area contributed by atoms with Gasteiger partial charge in [-0.1, -0.05) is 0 Å². The summed E-state index contributed by atoms with van der Waals surface area (Å²) >= 11 is 0. The summed E-state index contributed by atoms with van der Waals surface area (Å²) in [5, 5.41) is 0. The topological polar surface area (TPSA) is 91.7 Å². The Morgan fingerprint density at radius 1 is 1.40 bits per heavy atom. The predicted molar refractivity (Wildman–Crippen MR) is 70.9 cm³/mol. The van der Waals surface area contributed by atoms with Crippen molar-refractivity contribution in [1.29, 1.82) is 0 Å². The summed E-state index contributed by atoms with van der Waals surface area (Å²) in [6.07, 6.45) is 5.38. The van der Waals surface area contributed by atoms with Gasteiger partial charge in [0, 0.05) is 31.5 Å². The monoisotopic (exact) mass is 276 g/mol. The van der Waals surface area contributed by atoms with E-state index in [1.807, 2.05) is 6.20 Å². The number of amides is 1. The van der Waals surface area contributed by atoms with Crippen LogP contribution < -0.4 is 10.5 Å². The van der Waals surface area contributed by atoms with Gasteiger partial charge in [-0.15, -0.1) is 0 Å². The lowest BCUT2D eigenvalue weighted by molar-refractivity contribution is 0.0846. The Kier molecular flexibility index (Phi) is 3.27. The zero-order valence-electron chi connectivity index (χ0n) is 11.2. The number of rotatable bonds is 3. The van der Waals surface area contributed by atoms with Crippen molar-refractivity contribution in [3.63, 3.8) is 0 Å². The highest BCUT2D eigenvalue weighted by atomic mass is 16.5. The summed E-state index contributed by atoms with van der Waals surface area (Å²) in [5.74, 6) is 0.0801. The van der Waals surface area contributed by atoms with Crippen molar-refractivity contribution < 1.29 is 14.3 Å². The standard InChI is InChI=1S/C13H16N4O3/c1-19-13-12-15-9(8-2-4-20-5-3-8)6-17(12)7-10(16-13)11(14)18/h6-8H,2-5H2,1H3,(H2,14,18). The van der Waals surface area contributed by atoms with Crippen molar-refractivity contribution in [1.82, 2.24) is 14.4 Å². The summed E-state index contributed by atoms with van der Waals surface area (Å²) in [5.41, 5.74) is 6.99. The van der Waals surface area contributed by atoms with Gasteiger partial charge in [0.25, 0.3) is 11.8 Å². The molecule has 1 amide bonds. The molecule has 0 aromatic carbocycles. The normalized spacial score (nSPS) is 16.4. The number of nitrogens with two attached hydrogens (primary N) is 1. The van der Waals surface area contributed by atoms with Gasteiger partial charge in [-0.3, -0.25) is 9.20 Å². The Morgan fingerprint density at radius 2 is 2.15 bits per heavy atom. The minimum Gasteiger partial charge on any atom is -0.478 e. The largest absolute Gasteiger partial charge is 0.478 e. The number of hydrogen-bond donors (Lipinski definition) is 1. The van der Waals surface area contributed by atoms with Crippen LogP contribution in [0.2, 0.25) is 0 Å². The number of carbonyl (C=O) groups excluding carboxylic acids is 1. The van der Waals surface area contributed by atoms with E-state index in [9.17, 15) is 4.79 Å². The van der Waals surface area contributed by atoms with Crippen LogP contribution in [0.4, 0.5) is 0 Å². The first-order valence-electron chi connectivity index (χ1n) is 6.50. The van der Waals surface area contributed by atoms with Gasteiger partial charge in [-0.25, -0.2) is 9.97 Å². The number of imidazole rings is 1. The maximum Gasteiger partial charge on any atom is 0.268 e. The van der Waals surface area contributed by atoms with E-state index in [-0.39, 0.29) is 5.69 Å². The maximum absolute atomic E-state index is 11.3. The smallest absolute Gasteiger partial charge is 0.268 e. The number of ether oxygens (including phenoxy) is 2. The van der Waals surface area contributed by atoms with E-state index < -0.39 is 5.91 Å². The fourth-order valence-electron chi connectivity index (χ4n) is 2.43. The molecule has 2 N–H and O–H groups in total. The van der Waals surface area contributed by atoms with Gasteiger partial charge in [0.05, 0.1) is 12.8 Å². The van der Waals surface area contributed by atoms with Crippen molar-refractivity contribution in [3.8, 4) is 5.88 Å². The lowest BCUT2D eigenvalue weighted by Crippen LogP contribution is -2.14. The third-order valence-electron chi connectivity index (χ3n) is 3.51. The minimum absolute atomic E-state index is 0.158. The molecule has 106 valence electrons. The van der Waals surface area contributed by atoms with Crippen LogP contribution in [0, 0.1) is 0 Å². The molecule has 1 aliphatic heterocycles. The molecule has 1 saturated heterocycles. The van der Waals surface area contributed by atoms with Gasteiger partial charge in [-0.2, -0.15) is 0 Å². The van der Waals surface area contributed by atoms with Crippen molar-refractivity contribution >= 4 is 11.6 Å². The second-order valence-electron chi connectivity index (χ2n) is 4.78. The second kappa shape index (κ2) is 5.09. The molecule has 0 bridgehead atoms. The predicted octanol–water partition coefficient (Wildman–Crippen LogP) is 0.731. The Morgan fingerprint density at radius 3 is 2.80 bits per heavy atom. The van der Waals surface area contributed by atoms with E-state index in [1.54, 1.807) is 10.6 Å².